The van der Waals surface area contributed by atoms with Crippen LogP contribution >= 0.6 is 11.6 Å². The van der Waals surface area contributed by atoms with E-state index in [0.29, 0.717) is 18.7 Å². The minimum atomic E-state index is 0.329. The summed E-state index contributed by atoms with van der Waals surface area (Å²) in [5.41, 5.74) is 1.04. The van der Waals surface area contributed by atoms with Gasteiger partial charge in [-0.2, -0.15) is 0 Å². The normalized spacial score (nSPS) is 19.8. The van der Waals surface area contributed by atoms with E-state index in [-0.39, 0.29) is 0 Å². The summed E-state index contributed by atoms with van der Waals surface area (Å²) in [6, 6.07) is 12.0. The van der Waals surface area contributed by atoms with Gasteiger partial charge in [0.15, 0.2) is 0 Å². The molecular weight excluding hydrogens is 286 g/mol. The van der Waals surface area contributed by atoms with E-state index in [2.05, 4.69) is 12.2 Å². The van der Waals surface area contributed by atoms with Crippen molar-refractivity contribution in [1.82, 2.24) is 5.32 Å². The van der Waals surface area contributed by atoms with E-state index >= 15 is 0 Å². The van der Waals surface area contributed by atoms with Gasteiger partial charge >= 0.3 is 0 Å². The molecule has 21 heavy (non-hydrogen) atoms. The predicted molar refractivity (Wildman–Crippen MR) is 84.4 cm³/mol. The van der Waals surface area contributed by atoms with Crippen molar-refractivity contribution >= 4 is 11.6 Å². The number of hydrogen-bond acceptors (Lipinski definition) is 3. The average molecular weight is 306 g/mol. The van der Waals surface area contributed by atoms with Crippen molar-refractivity contribution in [2.45, 2.75) is 38.5 Å². The highest BCUT2D eigenvalue weighted by atomic mass is 35.5. The number of halogens is 1. The number of nitrogens with one attached hydrogen (secondary N) is 1. The first-order chi connectivity index (χ1) is 10.2. The van der Waals surface area contributed by atoms with Gasteiger partial charge in [0.25, 0.3) is 0 Å². The molecule has 3 nitrogen and oxygen atoms in total. The molecule has 2 aromatic rings. The summed E-state index contributed by atoms with van der Waals surface area (Å²) in [5, 5.41) is 4.21. The summed E-state index contributed by atoms with van der Waals surface area (Å²) >= 11 is 5.90. The Morgan fingerprint density at radius 3 is 2.76 bits per heavy atom. The van der Waals surface area contributed by atoms with Crippen LogP contribution in [0.4, 0.5) is 0 Å². The Bertz CT molecular complexity index is 573. The smallest absolute Gasteiger partial charge is 0.134 e. The molecule has 0 saturated carbocycles. The van der Waals surface area contributed by atoms with Crippen molar-refractivity contribution < 1.29 is 9.15 Å². The Balaban J connectivity index is 1.58. The van der Waals surface area contributed by atoms with E-state index in [1.54, 1.807) is 0 Å². The van der Waals surface area contributed by atoms with Crippen LogP contribution in [0.5, 0.6) is 0 Å². The lowest BCUT2D eigenvalue weighted by Gasteiger charge is -2.19. The highest BCUT2D eigenvalue weighted by Gasteiger charge is 2.22. The number of hydrogen-bond donors (Lipinski definition) is 1. The van der Waals surface area contributed by atoms with Crippen LogP contribution in [0.25, 0.3) is 11.3 Å². The van der Waals surface area contributed by atoms with Crippen molar-refractivity contribution in [2.75, 3.05) is 6.61 Å². The molecule has 112 valence electrons. The lowest BCUT2D eigenvalue weighted by atomic mass is 10.1. The van der Waals surface area contributed by atoms with Crippen LogP contribution in [0, 0.1) is 0 Å². The molecule has 1 N–H and O–H groups in total. The van der Waals surface area contributed by atoms with E-state index in [0.717, 1.165) is 41.6 Å². The summed E-state index contributed by atoms with van der Waals surface area (Å²) < 4.78 is 11.6. The van der Waals surface area contributed by atoms with Gasteiger partial charge in [0.2, 0.25) is 0 Å². The summed E-state index contributed by atoms with van der Waals surface area (Å²) in [6.07, 6.45) is 2.64. The topological polar surface area (TPSA) is 34.4 Å². The first-order valence-corrected chi connectivity index (χ1v) is 7.80. The van der Waals surface area contributed by atoms with Gasteiger partial charge in [-0.15, -0.1) is 0 Å². The number of ether oxygens (including phenoxy) is 1. The van der Waals surface area contributed by atoms with Crippen LogP contribution in [0.15, 0.2) is 40.8 Å². The maximum atomic E-state index is 5.90. The molecule has 1 aromatic heterocycles. The highest BCUT2D eigenvalue weighted by Crippen LogP contribution is 2.24. The van der Waals surface area contributed by atoms with Gasteiger partial charge in [-0.1, -0.05) is 11.6 Å². The first-order valence-electron chi connectivity index (χ1n) is 7.42. The minimum Gasteiger partial charge on any atom is -0.460 e. The van der Waals surface area contributed by atoms with Crippen molar-refractivity contribution in [3.05, 3.63) is 47.2 Å². The molecule has 0 bridgehead atoms. The Morgan fingerprint density at radius 1 is 1.24 bits per heavy atom. The summed E-state index contributed by atoms with van der Waals surface area (Å²) in [5.74, 6) is 1.80. The zero-order valence-corrected chi connectivity index (χ0v) is 12.9. The molecule has 2 heterocycles. The second-order valence-electron chi connectivity index (χ2n) is 5.49. The van der Waals surface area contributed by atoms with Crippen LogP contribution in [0.3, 0.4) is 0 Å². The second-order valence-corrected chi connectivity index (χ2v) is 5.93. The molecule has 1 fully saturated rings. The van der Waals surface area contributed by atoms with Gasteiger partial charge < -0.3 is 14.5 Å². The molecule has 1 aliphatic rings. The number of benzene rings is 1. The molecule has 2 unspecified atom stereocenters. The Labute approximate surface area is 130 Å². The van der Waals surface area contributed by atoms with Crippen molar-refractivity contribution in [3.8, 4) is 11.3 Å². The highest BCUT2D eigenvalue weighted by molar-refractivity contribution is 6.30. The molecule has 1 aromatic carbocycles. The molecule has 1 aliphatic heterocycles. The fraction of sp³-hybridized carbons (Fsp3) is 0.412. The Kier molecular flexibility index (Phi) is 4.63. The lowest BCUT2D eigenvalue weighted by Crippen LogP contribution is -2.36. The largest absolute Gasteiger partial charge is 0.460 e. The maximum absolute atomic E-state index is 5.90. The lowest BCUT2D eigenvalue weighted by molar-refractivity contribution is 0.0826. The van der Waals surface area contributed by atoms with Gasteiger partial charge in [-0.05, 0) is 56.2 Å². The fourth-order valence-corrected chi connectivity index (χ4v) is 2.76. The predicted octanol–water partition coefficient (Wildman–Crippen LogP) is 4.26. The Hall–Kier alpha value is -1.29. The third-order valence-electron chi connectivity index (χ3n) is 3.91. The monoisotopic (exact) mass is 305 g/mol. The van der Waals surface area contributed by atoms with Crippen LogP contribution in [0.1, 0.15) is 25.5 Å². The molecule has 0 aliphatic carbocycles. The summed E-state index contributed by atoms with van der Waals surface area (Å²) in [7, 11) is 0. The van der Waals surface area contributed by atoms with Crippen molar-refractivity contribution in [1.29, 1.82) is 0 Å². The molecular formula is C17H20ClNO2. The summed E-state index contributed by atoms with van der Waals surface area (Å²) in [6.45, 7) is 3.77. The standard InChI is InChI=1S/C17H20ClNO2/c1-12(16-3-2-10-20-16)19-11-15-8-9-17(21-15)13-4-6-14(18)7-5-13/h4-9,12,16,19H,2-3,10-11H2,1H3. The van der Waals surface area contributed by atoms with Gasteiger partial charge in [0.05, 0.1) is 12.6 Å². The molecule has 0 spiro atoms. The third-order valence-corrected chi connectivity index (χ3v) is 4.16. The van der Waals surface area contributed by atoms with Gasteiger partial charge in [-0.3, -0.25) is 0 Å². The van der Waals surface area contributed by atoms with Gasteiger partial charge in [0.1, 0.15) is 11.5 Å². The van der Waals surface area contributed by atoms with Crippen LogP contribution < -0.4 is 5.32 Å². The maximum Gasteiger partial charge on any atom is 0.134 e. The quantitative estimate of drug-likeness (QED) is 0.896. The van der Waals surface area contributed by atoms with Gasteiger partial charge in [0, 0.05) is 23.2 Å². The third kappa shape index (κ3) is 3.67. The SMILES string of the molecule is CC(NCc1ccc(-c2ccc(Cl)cc2)o1)C1CCCO1. The average Bonchev–Trinajstić information content (AvgIpc) is 3.17. The zero-order valence-electron chi connectivity index (χ0n) is 12.1. The van der Waals surface area contributed by atoms with Crippen molar-refractivity contribution in [3.63, 3.8) is 0 Å². The van der Waals surface area contributed by atoms with E-state index in [1.165, 1.54) is 0 Å². The molecule has 2 atom stereocenters. The van der Waals surface area contributed by atoms with E-state index in [1.807, 2.05) is 36.4 Å². The molecule has 0 radical (unpaired) electrons. The second kappa shape index (κ2) is 6.65. The Morgan fingerprint density at radius 2 is 2.05 bits per heavy atom. The van der Waals surface area contributed by atoms with E-state index < -0.39 is 0 Å². The van der Waals surface area contributed by atoms with Gasteiger partial charge in [-0.25, -0.2) is 0 Å². The van der Waals surface area contributed by atoms with E-state index in [9.17, 15) is 0 Å². The number of rotatable bonds is 5. The molecule has 4 heteroatoms. The first kappa shape index (κ1) is 14.6. The molecule has 1 saturated heterocycles. The summed E-state index contributed by atoms with van der Waals surface area (Å²) in [4.78, 5) is 0. The van der Waals surface area contributed by atoms with Crippen LogP contribution in [0.2, 0.25) is 5.02 Å². The molecule has 0 amide bonds. The molecule has 3 rings (SSSR count). The van der Waals surface area contributed by atoms with Crippen LogP contribution in [-0.4, -0.2) is 18.8 Å². The van der Waals surface area contributed by atoms with Crippen LogP contribution in [-0.2, 0) is 11.3 Å². The van der Waals surface area contributed by atoms with Crippen molar-refractivity contribution in [2.24, 2.45) is 0 Å². The zero-order chi connectivity index (χ0) is 14.7. The van der Waals surface area contributed by atoms with E-state index in [4.69, 9.17) is 20.8 Å². The number of furan rings is 1. The minimum absolute atomic E-state index is 0.329. The fourth-order valence-electron chi connectivity index (χ4n) is 2.63.